The Morgan fingerprint density at radius 2 is 1.71 bits per heavy atom. The first-order chi connectivity index (χ1) is 16.4. The van der Waals surface area contributed by atoms with E-state index in [1.54, 1.807) is 30.3 Å². The molecule has 0 aromatic heterocycles. The second-order valence-corrected chi connectivity index (χ2v) is 8.46. The number of amides is 3. The highest BCUT2D eigenvalue weighted by molar-refractivity contribution is 8.18. The first kappa shape index (κ1) is 25.2. The molecule has 1 aliphatic rings. The van der Waals surface area contributed by atoms with Crippen molar-refractivity contribution in [1.29, 1.82) is 0 Å². The van der Waals surface area contributed by atoms with E-state index in [1.165, 1.54) is 0 Å². The fraction of sp³-hybridized carbons (Fsp3) is 0.280. The van der Waals surface area contributed by atoms with Crippen LogP contribution in [-0.2, 0) is 14.3 Å². The molecule has 0 bridgehead atoms. The number of carbonyl (C=O) groups excluding carboxylic acids is 4. The van der Waals surface area contributed by atoms with Crippen LogP contribution >= 0.6 is 11.8 Å². The predicted octanol–water partition coefficient (Wildman–Crippen LogP) is 3.86. The van der Waals surface area contributed by atoms with Gasteiger partial charge in [0.15, 0.2) is 0 Å². The van der Waals surface area contributed by atoms with Gasteiger partial charge in [0, 0.05) is 12.2 Å². The lowest BCUT2D eigenvalue weighted by Crippen LogP contribution is -2.36. The van der Waals surface area contributed by atoms with E-state index in [0.29, 0.717) is 24.4 Å². The number of esters is 1. The van der Waals surface area contributed by atoms with E-state index in [9.17, 15) is 19.2 Å². The lowest BCUT2D eigenvalue weighted by Gasteiger charge is -2.17. The van der Waals surface area contributed by atoms with Gasteiger partial charge >= 0.3 is 5.97 Å². The van der Waals surface area contributed by atoms with Gasteiger partial charge in [-0.15, -0.1) is 0 Å². The largest absolute Gasteiger partial charge is 0.461 e. The van der Waals surface area contributed by atoms with Crippen LogP contribution in [0.4, 0.5) is 10.5 Å². The average Bonchev–Trinajstić information content (AvgIpc) is 3.10. The van der Waals surface area contributed by atoms with Crippen LogP contribution in [-0.4, -0.2) is 65.6 Å². The number of benzene rings is 2. The summed E-state index contributed by atoms with van der Waals surface area (Å²) in [6.45, 7) is 6.45. The van der Waals surface area contributed by atoms with Crippen LogP contribution in [0.5, 0.6) is 0 Å². The molecule has 3 amide bonds. The number of imide groups is 1. The fourth-order valence-electron chi connectivity index (χ4n) is 3.26. The predicted molar refractivity (Wildman–Crippen MR) is 132 cm³/mol. The third kappa shape index (κ3) is 6.79. The fourth-order valence-corrected chi connectivity index (χ4v) is 4.10. The zero-order valence-electron chi connectivity index (χ0n) is 19.2. The molecular weight excluding hydrogens is 454 g/mol. The van der Waals surface area contributed by atoms with Crippen molar-refractivity contribution in [2.45, 2.75) is 13.8 Å². The molecular formula is C25H27N3O5S. The number of hydrogen-bond acceptors (Lipinski definition) is 7. The van der Waals surface area contributed by atoms with Gasteiger partial charge in [0.2, 0.25) is 5.91 Å². The van der Waals surface area contributed by atoms with Gasteiger partial charge in [0.1, 0.15) is 13.2 Å². The number of hydrogen-bond donors (Lipinski definition) is 1. The Labute approximate surface area is 202 Å². The van der Waals surface area contributed by atoms with Gasteiger partial charge < -0.3 is 15.0 Å². The Hall–Kier alpha value is -3.43. The number of likely N-dealkylation sites (N-methyl/N-ethyl adjacent to an activating group) is 1. The van der Waals surface area contributed by atoms with Gasteiger partial charge in [-0.1, -0.05) is 44.2 Å². The summed E-state index contributed by atoms with van der Waals surface area (Å²) in [5.74, 6) is -1.46. The van der Waals surface area contributed by atoms with Crippen LogP contribution in [0.1, 0.15) is 29.8 Å². The molecule has 1 N–H and O–H groups in total. The third-order valence-corrected chi connectivity index (χ3v) is 6.12. The number of nitrogens with one attached hydrogen (secondary N) is 1. The molecule has 2 aromatic rings. The van der Waals surface area contributed by atoms with Crippen LogP contribution in [0.2, 0.25) is 0 Å². The highest BCUT2D eigenvalue weighted by Gasteiger charge is 2.36. The zero-order valence-corrected chi connectivity index (χ0v) is 20.0. The number of nitrogens with zero attached hydrogens (tertiary/aromatic N) is 2. The minimum atomic E-state index is -0.516. The van der Waals surface area contributed by atoms with Crippen molar-refractivity contribution in [3.8, 4) is 0 Å². The molecule has 3 rings (SSSR count). The van der Waals surface area contributed by atoms with Crippen molar-refractivity contribution in [1.82, 2.24) is 9.80 Å². The second kappa shape index (κ2) is 12.2. The molecule has 8 nitrogen and oxygen atoms in total. The molecule has 1 heterocycles. The van der Waals surface area contributed by atoms with E-state index < -0.39 is 29.6 Å². The minimum Gasteiger partial charge on any atom is -0.461 e. The van der Waals surface area contributed by atoms with Gasteiger partial charge in [-0.25, -0.2) is 4.79 Å². The standard InChI is InChI=1S/C25H27N3O5S/c1-3-27(4-2)14-15-33-24(31)19-10-12-20(13-11-19)26-22(29)17-28-23(30)21(34-25(28)32)16-18-8-6-5-7-9-18/h5-13,16H,3-4,14-15,17H2,1-2H3,(H,26,29)/b21-16-. The van der Waals surface area contributed by atoms with Gasteiger partial charge in [0.05, 0.1) is 10.5 Å². The molecule has 0 aliphatic carbocycles. The van der Waals surface area contributed by atoms with Crippen LogP contribution in [0.25, 0.3) is 6.08 Å². The van der Waals surface area contributed by atoms with E-state index in [-0.39, 0.29) is 4.91 Å². The first-order valence-corrected chi connectivity index (χ1v) is 11.8. The Kier molecular flexibility index (Phi) is 9.00. The molecule has 0 saturated carbocycles. The van der Waals surface area contributed by atoms with Crippen molar-refractivity contribution in [2.24, 2.45) is 0 Å². The van der Waals surface area contributed by atoms with Gasteiger partial charge in [-0.2, -0.15) is 0 Å². The summed E-state index contributed by atoms with van der Waals surface area (Å²) in [6.07, 6.45) is 1.63. The van der Waals surface area contributed by atoms with Crippen LogP contribution < -0.4 is 5.32 Å². The number of carbonyl (C=O) groups is 4. The summed E-state index contributed by atoms with van der Waals surface area (Å²) in [6, 6.07) is 15.4. The van der Waals surface area contributed by atoms with Gasteiger partial charge in [-0.05, 0) is 60.8 Å². The topological polar surface area (TPSA) is 96.0 Å². The number of anilines is 1. The molecule has 0 radical (unpaired) electrons. The van der Waals surface area contributed by atoms with Crippen molar-refractivity contribution < 1.29 is 23.9 Å². The summed E-state index contributed by atoms with van der Waals surface area (Å²) in [7, 11) is 0. The Balaban J connectivity index is 1.52. The number of thioether (sulfide) groups is 1. The summed E-state index contributed by atoms with van der Waals surface area (Å²) < 4.78 is 5.29. The molecule has 2 aromatic carbocycles. The molecule has 1 fully saturated rings. The van der Waals surface area contributed by atoms with Crippen LogP contribution in [0, 0.1) is 0 Å². The second-order valence-electron chi connectivity index (χ2n) is 7.47. The highest BCUT2D eigenvalue weighted by atomic mass is 32.2. The van der Waals surface area contributed by atoms with E-state index in [0.717, 1.165) is 35.3 Å². The molecule has 1 aliphatic heterocycles. The van der Waals surface area contributed by atoms with E-state index in [2.05, 4.69) is 10.2 Å². The number of ether oxygens (including phenoxy) is 1. The summed E-state index contributed by atoms with van der Waals surface area (Å²) in [5, 5.41) is 2.15. The van der Waals surface area contributed by atoms with E-state index >= 15 is 0 Å². The Morgan fingerprint density at radius 1 is 1.03 bits per heavy atom. The third-order valence-electron chi connectivity index (χ3n) is 5.21. The quantitative estimate of drug-likeness (QED) is 0.407. The number of rotatable bonds is 10. The zero-order chi connectivity index (χ0) is 24.5. The maximum absolute atomic E-state index is 12.6. The molecule has 9 heteroatoms. The summed E-state index contributed by atoms with van der Waals surface area (Å²) >= 11 is 0.805. The van der Waals surface area contributed by atoms with Crippen molar-refractivity contribution in [3.63, 3.8) is 0 Å². The van der Waals surface area contributed by atoms with Crippen LogP contribution in [0.3, 0.4) is 0 Å². The maximum atomic E-state index is 12.6. The smallest absolute Gasteiger partial charge is 0.338 e. The normalized spacial score (nSPS) is 14.7. The highest BCUT2D eigenvalue weighted by Crippen LogP contribution is 2.32. The SMILES string of the molecule is CCN(CC)CCOC(=O)c1ccc(NC(=O)CN2C(=O)S/C(=C\c3ccccc3)C2=O)cc1. The summed E-state index contributed by atoms with van der Waals surface area (Å²) in [5.41, 5.74) is 1.61. The monoisotopic (exact) mass is 481 g/mol. The molecule has 0 atom stereocenters. The molecule has 1 saturated heterocycles. The summed E-state index contributed by atoms with van der Waals surface area (Å²) in [4.78, 5) is 52.8. The minimum absolute atomic E-state index is 0.271. The van der Waals surface area contributed by atoms with Gasteiger partial charge in [-0.3, -0.25) is 19.3 Å². The van der Waals surface area contributed by atoms with Crippen molar-refractivity contribution in [3.05, 3.63) is 70.6 Å². The average molecular weight is 482 g/mol. The van der Waals surface area contributed by atoms with Crippen LogP contribution in [0.15, 0.2) is 59.5 Å². The van der Waals surface area contributed by atoms with E-state index in [4.69, 9.17) is 4.74 Å². The van der Waals surface area contributed by atoms with Crippen molar-refractivity contribution in [2.75, 3.05) is 38.1 Å². The Morgan fingerprint density at radius 3 is 2.35 bits per heavy atom. The van der Waals surface area contributed by atoms with Gasteiger partial charge in [0.25, 0.3) is 11.1 Å². The van der Waals surface area contributed by atoms with E-state index in [1.807, 2.05) is 44.2 Å². The molecule has 178 valence electrons. The molecule has 0 unspecified atom stereocenters. The maximum Gasteiger partial charge on any atom is 0.338 e. The first-order valence-electron chi connectivity index (χ1n) is 11.0. The lowest BCUT2D eigenvalue weighted by atomic mass is 10.2. The Bertz CT molecular complexity index is 1070. The van der Waals surface area contributed by atoms with Crippen molar-refractivity contribution >= 4 is 46.5 Å². The lowest BCUT2D eigenvalue weighted by molar-refractivity contribution is -0.127. The molecule has 0 spiro atoms. The molecule has 34 heavy (non-hydrogen) atoms.